The van der Waals surface area contributed by atoms with E-state index in [-0.39, 0.29) is 0 Å². The molecule has 0 aromatic heterocycles. The van der Waals surface area contributed by atoms with Gasteiger partial charge in [-0.15, -0.1) is 0 Å². The fourth-order valence-electron chi connectivity index (χ4n) is 2.22. The lowest BCUT2D eigenvalue weighted by molar-refractivity contribution is 0.0943. The van der Waals surface area contributed by atoms with E-state index in [4.69, 9.17) is 4.74 Å². The summed E-state index contributed by atoms with van der Waals surface area (Å²) in [5, 5.41) is 3.60. The van der Waals surface area contributed by atoms with Crippen molar-refractivity contribution >= 4 is 0 Å². The number of ether oxygens (including phenoxy) is 1. The third-order valence-electron chi connectivity index (χ3n) is 3.81. The predicted octanol–water partition coefficient (Wildman–Crippen LogP) is 2.76. The standard InChI is InChI=1S/C15H34N2O/c1-7-15(8-2,12-16-14(4)5)13-17(6)10-11-18-9-3/h14,16H,7-13H2,1-6H3. The molecule has 0 aromatic carbocycles. The molecule has 1 N–H and O–H groups in total. The monoisotopic (exact) mass is 258 g/mol. The summed E-state index contributed by atoms with van der Waals surface area (Å²) < 4.78 is 5.43. The molecule has 0 radical (unpaired) electrons. The number of likely N-dealkylation sites (N-methyl/N-ethyl adjacent to an activating group) is 1. The first-order valence-corrected chi connectivity index (χ1v) is 7.49. The molecule has 18 heavy (non-hydrogen) atoms. The Bertz CT molecular complexity index is 191. The van der Waals surface area contributed by atoms with E-state index >= 15 is 0 Å². The summed E-state index contributed by atoms with van der Waals surface area (Å²) in [5.74, 6) is 0. The molecule has 0 amide bonds. The molecule has 110 valence electrons. The lowest BCUT2D eigenvalue weighted by Crippen LogP contribution is -2.44. The molecule has 0 fully saturated rings. The van der Waals surface area contributed by atoms with Gasteiger partial charge in [0.15, 0.2) is 0 Å². The maximum absolute atomic E-state index is 5.43. The van der Waals surface area contributed by atoms with Gasteiger partial charge in [0.05, 0.1) is 6.61 Å². The Morgan fingerprint density at radius 1 is 1.17 bits per heavy atom. The number of rotatable bonds is 11. The third kappa shape index (κ3) is 7.34. The van der Waals surface area contributed by atoms with Crippen LogP contribution >= 0.6 is 0 Å². The minimum atomic E-state index is 0.394. The van der Waals surface area contributed by atoms with Crippen LogP contribution in [0.15, 0.2) is 0 Å². The second kappa shape index (κ2) is 9.76. The molecule has 3 nitrogen and oxygen atoms in total. The van der Waals surface area contributed by atoms with E-state index in [0.29, 0.717) is 11.5 Å². The molecule has 0 aliphatic rings. The Morgan fingerprint density at radius 3 is 2.22 bits per heavy atom. The smallest absolute Gasteiger partial charge is 0.0593 e. The van der Waals surface area contributed by atoms with E-state index in [1.807, 2.05) is 0 Å². The predicted molar refractivity (Wildman–Crippen MR) is 80.1 cm³/mol. The summed E-state index contributed by atoms with van der Waals surface area (Å²) in [6, 6.07) is 0.566. The van der Waals surface area contributed by atoms with Crippen LogP contribution in [0.25, 0.3) is 0 Å². The first-order valence-electron chi connectivity index (χ1n) is 7.49. The van der Waals surface area contributed by atoms with Gasteiger partial charge in [0.1, 0.15) is 0 Å². The van der Waals surface area contributed by atoms with Crippen molar-refractivity contribution in [3.8, 4) is 0 Å². The van der Waals surface area contributed by atoms with Gasteiger partial charge in [0, 0.05) is 32.3 Å². The highest BCUT2D eigenvalue weighted by molar-refractivity contribution is 4.82. The van der Waals surface area contributed by atoms with Crippen molar-refractivity contribution in [2.75, 3.05) is 39.9 Å². The molecule has 3 heteroatoms. The van der Waals surface area contributed by atoms with Gasteiger partial charge in [0.25, 0.3) is 0 Å². The molecule has 0 aromatic rings. The van der Waals surface area contributed by atoms with Crippen molar-refractivity contribution in [3.63, 3.8) is 0 Å². The van der Waals surface area contributed by atoms with Gasteiger partial charge in [0.2, 0.25) is 0 Å². The molecule has 0 saturated heterocycles. The fourth-order valence-corrected chi connectivity index (χ4v) is 2.22. The minimum Gasteiger partial charge on any atom is -0.380 e. The average Bonchev–Trinajstić information content (AvgIpc) is 2.35. The largest absolute Gasteiger partial charge is 0.380 e. The summed E-state index contributed by atoms with van der Waals surface area (Å²) in [6.07, 6.45) is 2.45. The van der Waals surface area contributed by atoms with Crippen molar-refractivity contribution in [1.82, 2.24) is 10.2 Å². The van der Waals surface area contributed by atoms with Gasteiger partial charge in [-0.3, -0.25) is 0 Å². The zero-order valence-corrected chi connectivity index (χ0v) is 13.4. The second-order valence-electron chi connectivity index (χ2n) is 5.68. The molecule has 0 bridgehead atoms. The van der Waals surface area contributed by atoms with Gasteiger partial charge in [-0.1, -0.05) is 27.7 Å². The van der Waals surface area contributed by atoms with E-state index in [0.717, 1.165) is 32.8 Å². The first-order chi connectivity index (χ1) is 8.49. The highest BCUT2D eigenvalue weighted by atomic mass is 16.5. The molecule has 0 aliphatic carbocycles. The zero-order valence-electron chi connectivity index (χ0n) is 13.4. The highest BCUT2D eigenvalue weighted by Gasteiger charge is 2.27. The Morgan fingerprint density at radius 2 is 1.78 bits per heavy atom. The van der Waals surface area contributed by atoms with Crippen LogP contribution in [0.4, 0.5) is 0 Å². The second-order valence-corrected chi connectivity index (χ2v) is 5.68. The molecule has 0 rings (SSSR count). The molecular weight excluding hydrogens is 224 g/mol. The van der Waals surface area contributed by atoms with E-state index in [9.17, 15) is 0 Å². The van der Waals surface area contributed by atoms with Crippen LogP contribution in [0.1, 0.15) is 47.5 Å². The lowest BCUT2D eigenvalue weighted by Gasteiger charge is -2.36. The van der Waals surface area contributed by atoms with Crippen LogP contribution in [0.3, 0.4) is 0 Å². The summed E-state index contributed by atoms with van der Waals surface area (Å²) in [7, 11) is 2.20. The summed E-state index contributed by atoms with van der Waals surface area (Å²) >= 11 is 0. The molecule has 0 saturated carbocycles. The quantitative estimate of drug-likeness (QED) is 0.577. The van der Waals surface area contributed by atoms with Crippen LogP contribution in [0.2, 0.25) is 0 Å². The van der Waals surface area contributed by atoms with E-state index in [1.54, 1.807) is 0 Å². The fraction of sp³-hybridized carbons (Fsp3) is 1.00. The molecule has 0 unspecified atom stereocenters. The SMILES string of the molecule is CCOCCN(C)CC(CC)(CC)CNC(C)C. The van der Waals surface area contributed by atoms with E-state index < -0.39 is 0 Å². The van der Waals surface area contributed by atoms with Crippen LogP contribution < -0.4 is 5.32 Å². The topological polar surface area (TPSA) is 24.5 Å². The molecule has 0 aliphatic heterocycles. The Kier molecular flexibility index (Phi) is 9.70. The number of hydrogen-bond acceptors (Lipinski definition) is 3. The molecule has 0 spiro atoms. The van der Waals surface area contributed by atoms with Crippen molar-refractivity contribution in [1.29, 1.82) is 0 Å². The molecular formula is C15H34N2O. The lowest BCUT2D eigenvalue weighted by atomic mass is 9.81. The maximum atomic E-state index is 5.43. The Labute approximate surface area is 114 Å². The van der Waals surface area contributed by atoms with Gasteiger partial charge in [-0.25, -0.2) is 0 Å². The molecule has 0 heterocycles. The van der Waals surface area contributed by atoms with Gasteiger partial charge < -0.3 is 15.0 Å². The van der Waals surface area contributed by atoms with Crippen molar-refractivity contribution < 1.29 is 4.74 Å². The zero-order chi connectivity index (χ0) is 14.0. The summed E-state index contributed by atoms with van der Waals surface area (Å²) in [6.45, 7) is 16.0. The highest BCUT2D eigenvalue weighted by Crippen LogP contribution is 2.26. The van der Waals surface area contributed by atoms with E-state index in [1.165, 1.54) is 12.8 Å². The Hall–Kier alpha value is -0.120. The van der Waals surface area contributed by atoms with Crippen molar-refractivity contribution in [2.45, 2.75) is 53.5 Å². The summed E-state index contributed by atoms with van der Waals surface area (Å²) in [5.41, 5.74) is 0.394. The average molecular weight is 258 g/mol. The summed E-state index contributed by atoms with van der Waals surface area (Å²) in [4.78, 5) is 2.41. The number of nitrogens with one attached hydrogen (secondary N) is 1. The van der Waals surface area contributed by atoms with Crippen LogP contribution in [-0.2, 0) is 4.74 Å². The van der Waals surface area contributed by atoms with Crippen molar-refractivity contribution in [3.05, 3.63) is 0 Å². The normalized spacial score (nSPS) is 12.7. The third-order valence-corrected chi connectivity index (χ3v) is 3.81. The van der Waals surface area contributed by atoms with Crippen molar-refractivity contribution in [2.24, 2.45) is 5.41 Å². The van der Waals surface area contributed by atoms with Gasteiger partial charge >= 0.3 is 0 Å². The van der Waals surface area contributed by atoms with Gasteiger partial charge in [-0.05, 0) is 32.2 Å². The number of nitrogens with zero attached hydrogens (tertiary/aromatic N) is 1. The Balaban J connectivity index is 4.22. The number of hydrogen-bond donors (Lipinski definition) is 1. The van der Waals surface area contributed by atoms with Crippen LogP contribution in [-0.4, -0.2) is 50.8 Å². The first kappa shape index (κ1) is 17.9. The van der Waals surface area contributed by atoms with Crippen LogP contribution in [0.5, 0.6) is 0 Å². The molecule has 0 atom stereocenters. The van der Waals surface area contributed by atoms with E-state index in [2.05, 4.69) is 51.9 Å². The van der Waals surface area contributed by atoms with Gasteiger partial charge in [-0.2, -0.15) is 0 Å². The minimum absolute atomic E-state index is 0.394. The maximum Gasteiger partial charge on any atom is 0.0593 e. The van der Waals surface area contributed by atoms with Crippen LogP contribution in [0, 0.1) is 5.41 Å².